The predicted molar refractivity (Wildman–Crippen MR) is 99.6 cm³/mol. The number of nitrogens with zero attached hydrogens (tertiary/aromatic N) is 2. The Morgan fingerprint density at radius 3 is 2.20 bits per heavy atom. The average molecular weight is 339 g/mol. The van der Waals surface area contributed by atoms with Gasteiger partial charge in [0.25, 0.3) is 5.91 Å². The van der Waals surface area contributed by atoms with Crippen molar-refractivity contribution in [2.24, 2.45) is 0 Å². The summed E-state index contributed by atoms with van der Waals surface area (Å²) in [5.41, 5.74) is 5.21. The number of H-pyrrole nitrogens is 1. The predicted octanol–water partition coefficient (Wildman–Crippen LogP) is 3.10. The lowest BCUT2D eigenvalue weighted by atomic mass is 10.1. The Labute approximate surface area is 148 Å². The number of amides is 1. The number of Topliss-reactive ketones (excluding diaryl/α,β-unsaturated/α-hetero) is 1. The molecule has 1 saturated heterocycles. The first kappa shape index (κ1) is 17.3. The molecule has 5 heteroatoms. The van der Waals surface area contributed by atoms with Crippen LogP contribution in [-0.2, 0) is 0 Å². The highest BCUT2D eigenvalue weighted by Crippen LogP contribution is 2.23. The summed E-state index contributed by atoms with van der Waals surface area (Å²) in [7, 11) is 0. The molecule has 3 rings (SSSR count). The van der Waals surface area contributed by atoms with Gasteiger partial charge < -0.3 is 14.8 Å². The minimum Gasteiger partial charge on any atom is -0.368 e. The van der Waals surface area contributed by atoms with Gasteiger partial charge in [0, 0.05) is 43.1 Å². The number of anilines is 1. The van der Waals surface area contributed by atoms with Gasteiger partial charge in [-0.15, -0.1) is 0 Å². The SMILES string of the molecule is CC(=O)c1c(C)[nH]c(C(=O)N2CCN(c3ccccc3C)CC2)c1C. The quantitative estimate of drug-likeness (QED) is 0.874. The lowest BCUT2D eigenvalue weighted by molar-refractivity contribution is 0.0740. The van der Waals surface area contributed by atoms with Crippen molar-refractivity contribution in [3.8, 4) is 0 Å². The van der Waals surface area contributed by atoms with Crippen molar-refractivity contribution in [3.05, 3.63) is 52.3 Å². The largest absolute Gasteiger partial charge is 0.368 e. The van der Waals surface area contributed by atoms with E-state index in [2.05, 4.69) is 28.9 Å². The summed E-state index contributed by atoms with van der Waals surface area (Å²) in [6, 6.07) is 8.33. The molecule has 0 saturated carbocycles. The highest BCUT2D eigenvalue weighted by atomic mass is 16.2. The highest BCUT2D eigenvalue weighted by Gasteiger charge is 2.27. The lowest BCUT2D eigenvalue weighted by Gasteiger charge is -2.36. The topological polar surface area (TPSA) is 56.4 Å². The van der Waals surface area contributed by atoms with E-state index >= 15 is 0 Å². The zero-order valence-electron chi connectivity index (χ0n) is 15.3. The van der Waals surface area contributed by atoms with Crippen LogP contribution in [0.5, 0.6) is 0 Å². The van der Waals surface area contributed by atoms with Crippen molar-refractivity contribution in [2.75, 3.05) is 31.1 Å². The van der Waals surface area contributed by atoms with E-state index in [-0.39, 0.29) is 11.7 Å². The van der Waals surface area contributed by atoms with Crippen LogP contribution < -0.4 is 4.90 Å². The summed E-state index contributed by atoms with van der Waals surface area (Å²) in [6.45, 7) is 10.3. The number of carbonyl (C=O) groups is 2. The van der Waals surface area contributed by atoms with Crippen LogP contribution in [0.1, 0.15) is 44.6 Å². The summed E-state index contributed by atoms with van der Waals surface area (Å²) >= 11 is 0. The molecule has 5 nitrogen and oxygen atoms in total. The third-order valence-electron chi connectivity index (χ3n) is 5.03. The van der Waals surface area contributed by atoms with Crippen molar-refractivity contribution in [1.82, 2.24) is 9.88 Å². The van der Waals surface area contributed by atoms with Gasteiger partial charge in [-0.25, -0.2) is 0 Å². The second-order valence-electron chi connectivity index (χ2n) is 6.75. The highest BCUT2D eigenvalue weighted by molar-refractivity contribution is 6.02. The molecule has 1 aliphatic heterocycles. The monoisotopic (exact) mass is 339 g/mol. The fourth-order valence-electron chi connectivity index (χ4n) is 3.72. The molecule has 1 aromatic heterocycles. The summed E-state index contributed by atoms with van der Waals surface area (Å²) in [5, 5.41) is 0. The van der Waals surface area contributed by atoms with Crippen LogP contribution in [0.15, 0.2) is 24.3 Å². The number of nitrogens with one attached hydrogen (secondary N) is 1. The Morgan fingerprint density at radius 2 is 1.64 bits per heavy atom. The van der Waals surface area contributed by atoms with Crippen molar-refractivity contribution in [3.63, 3.8) is 0 Å². The summed E-state index contributed by atoms with van der Waals surface area (Å²) < 4.78 is 0. The number of aromatic nitrogens is 1. The number of aromatic amines is 1. The van der Waals surface area contributed by atoms with Crippen LogP contribution in [0.4, 0.5) is 5.69 Å². The van der Waals surface area contributed by atoms with Crippen molar-refractivity contribution < 1.29 is 9.59 Å². The van der Waals surface area contributed by atoms with Crippen LogP contribution in [0.2, 0.25) is 0 Å². The molecule has 2 aromatic rings. The molecule has 1 fully saturated rings. The van der Waals surface area contributed by atoms with E-state index < -0.39 is 0 Å². The molecule has 0 atom stereocenters. The minimum absolute atomic E-state index is 0.00493. The molecule has 132 valence electrons. The maximum absolute atomic E-state index is 12.9. The molecule has 0 aliphatic carbocycles. The Morgan fingerprint density at radius 1 is 1.00 bits per heavy atom. The zero-order valence-corrected chi connectivity index (χ0v) is 15.3. The molecule has 0 bridgehead atoms. The van der Waals surface area contributed by atoms with Gasteiger partial charge >= 0.3 is 0 Å². The van der Waals surface area contributed by atoms with E-state index in [0.717, 1.165) is 24.3 Å². The maximum Gasteiger partial charge on any atom is 0.270 e. The van der Waals surface area contributed by atoms with Gasteiger partial charge in [-0.05, 0) is 44.9 Å². The molecular weight excluding hydrogens is 314 g/mol. The van der Waals surface area contributed by atoms with Gasteiger partial charge in [-0.2, -0.15) is 0 Å². The number of hydrogen-bond acceptors (Lipinski definition) is 3. The smallest absolute Gasteiger partial charge is 0.270 e. The molecule has 25 heavy (non-hydrogen) atoms. The first-order valence-corrected chi connectivity index (χ1v) is 8.70. The van der Waals surface area contributed by atoms with Crippen LogP contribution in [0.25, 0.3) is 0 Å². The van der Waals surface area contributed by atoms with Crippen LogP contribution in [-0.4, -0.2) is 47.8 Å². The number of ketones is 1. The molecule has 0 unspecified atom stereocenters. The molecule has 1 aliphatic rings. The Balaban J connectivity index is 1.73. The van der Waals surface area contributed by atoms with E-state index in [0.29, 0.717) is 24.3 Å². The normalized spacial score (nSPS) is 14.7. The van der Waals surface area contributed by atoms with E-state index in [4.69, 9.17) is 0 Å². The molecule has 0 spiro atoms. The van der Waals surface area contributed by atoms with Gasteiger partial charge in [0.05, 0.1) is 0 Å². The number of aryl methyl sites for hydroxylation is 2. The first-order valence-electron chi connectivity index (χ1n) is 8.70. The molecule has 1 amide bonds. The van der Waals surface area contributed by atoms with Crippen molar-refractivity contribution in [2.45, 2.75) is 27.7 Å². The molecule has 1 N–H and O–H groups in total. The fraction of sp³-hybridized carbons (Fsp3) is 0.400. The summed E-state index contributed by atoms with van der Waals surface area (Å²) in [4.78, 5) is 32.0. The second kappa shape index (κ2) is 6.75. The Hall–Kier alpha value is -2.56. The van der Waals surface area contributed by atoms with E-state index in [9.17, 15) is 9.59 Å². The average Bonchev–Trinajstić information content (AvgIpc) is 2.89. The van der Waals surface area contributed by atoms with Crippen LogP contribution in [0.3, 0.4) is 0 Å². The van der Waals surface area contributed by atoms with Crippen molar-refractivity contribution >= 4 is 17.4 Å². The van der Waals surface area contributed by atoms with E-state index in [1.54, 1.807) is 6.92 Å². The van der Waals surface area contributed by atoms with Crippen molar-refractivity contribution in [1.29, 1.82) is 0 Å². The maximum atomic E-state index is 12.9. The standard InChI is InChI=1S/C20H25N3O2/c1-13-7-5-6-8-17(13)22-9-11-23(12-10-22)20(25)19-14(2)18(16(4)24)15(3)21-19/h5-8,21H,9-12H2,1-4H3. The molecule has 2 heterocycles. The molecule has 1 aromatic carbocycles. The fourth-order valence-corrected chi connectivity index (χ4v) is 3.72. The van der Waals surface area contributed by atoms with Gasteiger partial charge in [-0.1, -0.05) is 18.2 Å². The van der Waals surface area contributed by atoms with Gasteiger partial charge in [0.15, 0.2) is 5.78 Å². The lowest BCUT2D eigenvalue weighted by Crippen LogP contribution is -2.49. The van der Waals surface area contributed by atoms with Gasteiger partial charge in [0.1, 0.15) is 5.69 Å². The number of rotatable bonds is 3. The number of piperazine rings is 1. The third kappa shape index (κ3) is 3.18. The summed E-state index contributed by atoms with van der Waals surface area (Å²) in [5.74, 6) is -0.0211. The Bertz CT molecular complexity index is 814. The van der Waals surface area contributed by atoms with Crippen LogP contribution >= 0.6 is 0 Å². The number of carbonyl (C=O) groups excluding carboxylic acids is 2. The van der Waals surface area contributed by atoms with Gasteiger partial charge in [-0.3, -0.25) is 9.59 Å². The number of para-hydroxylation sites is 1. The summed E-state index contributed by atoms with van der Waals surface area (Å²) in [6.07, 6.45) is 0. The zero-order chi connectivity index (χ0) is 18.1. The molecular formula is C20H25N3O2. The number of hydrogen-bond donors (Lipinski definition) is 1. The Kier molecular flexibility index (Phi) is 4.66. The molecule has 0 radical (unpaired) electrons. The number of benzene rings is 1. The second-order valence-corrected chi connectivity index (χ2v) is 6.75. The van der Waals surface area contributed by atoms with Gasteiger partial charge in [0.2, 0.25) is 0 Å². The minimum atomic E-state index is -0.0162. The van der Waals surface area contributed by atoms with E-state index in [1.165, 1.54) is 11.3 Å². The van der Waals surface area contributed by atoms with Crippen LogP contribution in [0, 0.1) is 20.8 Å². The van der Waals surface area contributed by atoms with E-state index in [1.807, 2.05) is 30.9 Å². The first-order chi connectivity index (χ1) is 11.9. The third-order valence-corrected chi connectivity index (χ3v) is 5.03.